The first-order chi connectivity index (χ1) is 12.3. The summed E-state index contributed by atoms with van der Waals surface area (Å²) in [6.45, 7) is 0. The first kappa shape index (κ1) is 16.7. The number of fused-ring (bicyclic) bond motifs is 1. The number of aromatic nitrogens is 2. The average Bonchev–Trinajstić information content (AvgIpc) is 3.08. The number of non-ortho nitro benzene ring substituents is 2. The van der Waals surface area contributed by atoms with Gasteiger partial charge < -0.3 is 4.90 Å². The predicted molar refractivity (Wildman–Crippen MR) is 86.3 cm³/mol. The third-order valence-electron chi connectivity index (χ3n) is 3.65. The van der Waals surface area contributed by atoms with Gasteiger partial charge in [0.2, 0.25) is 5.52 Å². The first-order valence-electron chi connectivity index (χ1n) is 6.87. The summed E-state index contributed by atoms with van der Waals surface area (Å²) >= 11 is 0. The van der Waals surface area contributed by atoms with Crippen LogP contribution in [0, 0.1) is 30.3 Å². The molecule has 0 N–H and O–H groups in total. The van der Waals surface area contributed by atoms with Crippen molar-refractivity contribution in [3.63, 3.8) is 0 Å². The largest absolute Gasteiger partial charge is 0.337 e. The maximum atomic E-state index is 11.4. The second kappa shape index (κ2) is 6.04. The molecule has 0 unspecified atom stereocenters. The molecule has 0 bridgehead atoms. The van der Waals surface area contributed by atoms with E-state index in [9.17, 15) is 30.3 Å². The molecule has 0 fully saturated rings. The van der Waals surface area contributed by atoms with Gasteiger partial charge in [0.05, 0.1) is 20.8 Å². The lowest BCUT2D eigenvalue weighted by atomic mass is 10.1. The lowest BCUT2D eigenvalue weighted by Gasteiger charge is -2.19. The molecule has 2 aromatic carbocycles. The van der Waals surface area contributed by atoms with Crippen LogP contribution in [0.1, 0.15) is 0 Å². The van der Waals surface area contributed by atoms with Crippen LogP contribution in [0.25, 0.3) is 11.0 Å². The Morgan fingerprint density at radius 2 is 1.46 bits per heavy atom. The summed E-state index contributed by atoms with van der Waals surface area (Å²) < 4.78 is 4.52. The maximum Gasteiger partial charge on any atom is 0.307 e. The molecule has 13 nitrogen and oxygen atoms in total. The molecule has 0 radical (unpaired) electrons. The van der Waals surface area contributed by atoms with Crippen LogP contribution in [-0.2, 0) is 0 Å². The van der Waals surface area contributed by atoms with Crippen LogP contribution >= 0.6 is 0 Å². The molecule has 0 aliphatic heterocycles. The Kier molecular flexibility index (Phi) is 3.88. The van der Waals surface area contributed by atoms with Crippen molar-refractivity contribution in [1.82, 2.24) is 10.3 Å². The molecule has 0 aliphatic rings. The van der Waals surface area contributed by atoms with Gasteiger partial charge in [-0.15, -0.1) is 0 Å². The molecule has 0 saturated carbocycles. The fraction of sp³-hybridized carbons (Fsp3) is 0.0769. The highest BCUT2D eigenvalue weighted by molar-refractivity contribution is 6.00. The Hall–Kier alpha value is -4.16. The highest BCUT2D eigenvalue weighted by Crippen LogP contribution is 2.42. The van der Waals surface area contributed by atoms with Gasteiger partial charge in [0.15, 0.2) is 11.2 Å². The summed E-state index contributed by atoms with van der Waals surface area (Å²) in [4.78, 5) is 32.4. The second-order valence-electron chi connectivity index (χ2n) is 5.07. The molecule has 0 spiro atoms. The fourth-order valence-corrected chi connectivity index (χ4v) is 2.44. The molecule has 132 valence electrons. The summed E-state index contributed by atoms with van der Waals surface area (Å²) in [5, 5.41) is 40.3. The molecular weight excluding hydrogens is 352 g/mol. The lowest BCUT2D eigenvalue weighted by molar-refractivity contribution is -0.392. The predicted octanol–water partition coefficient (Wildman–Crippen LogP) is 2.72. The van der Waals surface area contributed by atoms with E-state index in [1.807, 2.05) is 0 Å². The number of nitrogens with zero attached hydrogens (tertiary/aromatic N) is 6. The van der Waals surface area contributed by atoms with E-state index in [2.05, 4.69) is 14.9 Å². The van der Waals surface area contributed by atoms with Crippen molar-refractivity contribution in [2.24, 2.45) is 0 Å². The van der Waals surface area contributed by atoms with Crippen molar-refractivity contribution < 1.29 is 19.4 Å². The minimum atomic E-state index is -0.824. The van der Waals surface area contributed by atoms with E-state index in [0.717, 1.165) is 6.07 Å². The zero-order valence-corrected chi connectivity index (χ0v) is 12.9. The molecule has 3 aromatic rings. The zero-order valence-electron chi connectivity index (χ0n) is 12.9. The van der Waals surface area contributed by atoms with Crippen molar-refractivity contribution in [3.05, 3.63) is 60.7 Å². The minimum Gasteiger partial charge on any atom is -0.337 e. The summed E-state index contributed by atoms with van der Waals surface area (Å²) in [6, 6.07) is 5.97. The van der Waals surface area contributed by atoms with Gasteiger partial charge in [0, 0.05) is 24.9 Å². The van der Waals surface area contributed by atoms with Crippen molar-refractivity contribution in [2.45, 2.75) is 0 Å². The first-order valence-corrected chi connectivity index (χ1v) is 6.87. The van der Waals surface area contributed by atoms with Crippen LogP contribution in [0.15, 0.2) is 35.0 Å². The van der Waals surface area contributed by atoms with Crippen LogP contribution in [0.3, 0.4) is 0 Å². The zero-order chi connectivity index (χ0) is 19.0. The number of rotatable bonds is 5. The van der Waals surface area contributed by atoms with E-state index < -0.39 is 26.1 Å². The third-order valence-corrected chi connectivity index (χ3v) is 3.65. The number of anilines is 2. The Labute approximate surface area is 142 Å². The number of nitro groups is 3. The highest BCUT2D eigenvalue weighted by atomic mass is 16.6. The van der Waals surface area contributed by atoms with Gasteiger partial charge in [-0.2, -0.15) is 0 Å². The average molecular weight is 360 g/mol. The topological polar surface area (TPSA) is 172 Å². The van der Waals surface area contributed by atoms with Gasteiger partial charge in [0.25, 0.3) is 5.69 Å². The molecular formula is C13H8N6O7. The number of benzene rings is 2. The maximum absolute atomic E-state index is 11.4. The molecule has 26 heavy (non-hydrogen) atoms. The Bertz CT molecular complexity index is 1050. The lowest BCUT2D eigenvalue weighted by Crippen LogP contribution is -2.13. The minimum absolute atomic E-state index is 0.0919. The van der Waals surface area contributed by atoms with Gasteiger partial charge in [-0.05, 0) is 22.4 Å². The quantitative estimate of drug-likeness (QED) is 0.486. The van der Waals surface area contributed by atoms with E-state index in [4.69, 9.17) is 0 Å². The second-order valence-corrected chi connectivity index (χ2v) is 5.07. The fourth-order valence-electron chi connectivity index (χ4n) is 2.44. The van der Waals surface area contributed by atoms with Crippen molar-refractivity contribution in [2.75, 3.05) is 11.9 Å². The molecule has 1 heterocycles. The van der Waals surface area contributed by atoms with Crippen LogP contribution in [-0.4, -0.2) is 32.1 Å². The van der Waals surface area contributed by atoms with Gasteiger partial charge in [-0.1, -0.05) is 0 Å². The van der Waals surface area contributed by atoms with E-state index in [-0.39, 0.29) is 22.4 Å². The summed E-state index contributed by atoms with van der Waals surface area (Å²) in [7, 11) is 1.45. The molecule has 0 saturated heterocycles. The van der Waals surface area contributed by atoms with Gasteiger partial charge in [-0.3, -0.25) is 30.3 Å². The van der Waals surface area contributed by atoms with Crippen molar-refractivity contribution in [1.29, 1.82) is 0 Å². The monoisotopic (exact) mass is 360 g/mol. The van der Waals surface area contributed by atoms with Gasteiger partial charge in [0.1, 0.15) is 0 Å². The molecule has 0 atom stereocenters. The number of hydrogen-bond acceptors (Lipinski definition) is 10. The molecule has 0 amide bonds. The summed E-state index contributed by atoms with van der Waals surface area (Å²) in [6.07, 6.45) is 0. The van der Waals surface area contributed by atoms with Crippen LogP contribution in [0.5, 0.6) is 0 Å². The van der Waals surface area contributed by atoms with E-state index in [1.54, 1.807) is 0 Å². The Balaban J connectivity index is 2.23. The van der Waals surface area contributed by atoms with E-state index in [0.29, 0.717) is 5.69 Å². The standard InChI is InChI=1S/C13H8N6O7/c1-16(7-2-4-8(5-3-7)17(20)21)13-10(19(24)25)6-9(18(22)23)11-12(13)15-26-14-11/h2-6H,1H3. The summed E-state index contributed by atoms with van der Waals surface area (Å²) in [5.41, 5.74) is -1.51. The van der Waals surface area contributed by atoms with Crippen molar-refractivity contribution in [3.8, 4) is 0 Å². The normalized spacial score (nSPS) is 10.7. The number of hydrogen-bond donors (Lipinski definition) is 0. The van der Waals surface area contributed by atoms with Crippen LogP contribution in [0.4, 0.5) is 28.4 Å². The van der Waals surface area contributed by atoms with Crippen LogP contribution in [0.2, 0.25) is 0 Å². The van der Waals surface area contributed by atoms with Crippen LogP contribution < -0.4 is 4.90 Å². The molecule has 3 rings (SSSR count). The SMILES string of the molecule is CN(c1ccc([N+](=O)[O-])cc1)c1c([N+](=O)[O-])cc([N+](=O)[O-])c2nonc12. The van der Waals surface area contributed by atoms with Gasteiger partial charge >= 0.3 is 11.4 Å². The molecule has 0 aliphatic carbocycles. The smallest absolute Gasteiger partial charge is 0.307 e. The van der Waals surface area contributed by atoms with Gasteiger partial charge in [-0.25, -0.2) is 4.63 Å². The van der Waals surface area contributed by atoms with Crippen molar-refractivity contribution >= 4 is 39.5 Å². The number of nitro benzene ring substituents is 3. The molecule has 13 heteroatoms. The Morgan fingerprint density at radius 3 is 2.00 bits per heavy atom. The summed E-state index contributed by atoms with van der Waals surface area (Å²) in [5.74, 6) is 0. The van der Waals surface area contributed by atoms with E-state index in [1.165, 1.54) is 36.2 Å². The highest BCUT2D eigenvalue weighted by Gasteiger charge is 2.32. The van der Waals surface area contributed by atoms with E-state index >= 15 is 0 Å². The third kappa shape index (κ3) is 2.62. The molecule has 1 aromatic heterocycles. The Morgan fingerprint density at radius 1 is 0.885 bits per heavy atom.